The van der Waals surface area contributed by atoms with E-state index in [9.17, 15) is 4.79 Å². The van der Waals surface area contributed by atoms with E-state index in [1.165, 1.54) is 6.07 Å². The number of ether oxygens (including phenoxy) is 1. The van der Waals surface area contributed by atoms with Crippen molar-refractivity contribution in [2.45, 2.75) is 0 Å². The van der Waals surface area contributed by atoms with Gasteiger partial charge in [0.2, 0.25) is 11.2 Å². The fourth-order valence-electron chi connectivity index (χ4n) is 0.480. The molecule has 4 nitrogen and oxygen atoms in total. The Morgan fingerprint density at radius 2 is 2.18 bits per heavy atom. The maximum Gasteiger partial charge on any atom is 0.299 e. The number of nitrogens with zero attached hydrogens (tertiary/aromatic N) is 2. The second-order valence-electron chi connectivity index (χ2n) is 1.51. The smallest absolute Gasteiger partial charge is 0.299 e. The van der Waals surface area contributed by atoms with Crippen LogP contribution in [0.15, 0.2) is 6.07 Å². The minimum absolute atomic E-state index is 0.0324. The monoisotopic (exact) mass is 192 g/mol. The molecule has 0 fully saturated rings. The van der Waals surface area contributed by atoms with E-state index in [1.54, 1.807) is 0 Å². The lowest BCUT2D eigenvalue weighted by Gasteiger charge is -1.95. The number of carbonyl (C=O) groups excluding carboxylic acids is 1. The van der Waals surface area contributed by atoms with Gasteiger partial charge in [0.15, 0.2) is 0 Å². The van der Waals surface area contributed by atoms with Gasteiger partial charge in [0.1, 0.15) is 5.15 Å². The van der Waals surface area contributed by atoms with Gasteiger partial charge in [-0.1, -0.05) is 11.6 Å². The van der Waals surface area contributed by atoms with E-state index < -0.39 is 0 Å². The third-order valence-corrected chi connectivity index (χ3v) is 1.18. The Kier molecular flexibility index (Phi) is 2.62. The molecule has 1 aromatic rings. The van der Waals surface area contributed by atoms with Crippen molar-refractivity contribution in [2.75, 3.05) is 0 Å². The van der Waals surface area contributed by atoms with Gasteiger partial charge < -0.3 is 4.74 Å². The summed E-state index contributed by atoms with van der Waals surface area (Å²) in [6, 6.07) is 1.28. The maximum absolute atomic E-state index is 9.83. The molecule has 1 aromatic heterocycles. The summed E-state index contributed by atoms with van der Waals surface area (Å²) in [5, 5.41) is 0.0659. The summed E-state index contributed by atoms with van der Waals surface area (Å²) in [4.78, 5) is 16.9. The molecule has 0 saturated heterocycles. The molecule has 0 unspecified atom stereocenters. The molecule has 0 amide bonds. The standard InChI is InChI=1S/C5H2Cl2N2O2/c6-3-1-4(11-2-10)9-5(7)8-3/h1-2H. The van der Waals surface area contributed by atoms with E-state index in [0.717, 1.165) is 0 Å². The second-order valence-corrected chi connectivity index (χ2v) is 2.24. The third-order valence-electron chi connectivity index (χ3n) is 0.813. The van der Waals surface area contributed by atoms with E-state index in [-0.39, 0.29) is 22.8 Å². The number of aromatic nitrogens is 2. The molecule has 0 aliphatic heterocycles. The Hall–Kier alpha value is -0.870. The van der Waals surface area contributed by atoms with Crippen molar-refractivity contribution in [2.24, 2.45) is 0 Å². The van der Waals surface area contributed by atoms with Crippen LogP contribution in [-0.2, 0) is 4.79 Å². The van der Waals surface area contributed by atoms with Crippen molar-refractivity contribution in [3.63, 3.8) is 0 Å². The van der Waals surface area contributed by atoms with Gasteiger partial charge in [-0.3, -0.25) is 4.79 Å². The Morgan fingerprint density at radius 1 is 1.45 bits per heavy atom. The van der Waals surface area contributed by atoms with Crippen LogP contribution < -0.4 is 4.74 Å². The number of rotatable bonds is 2. The lowest BCUT2D eigenvalue weighted by molar-refractivity contribution is -0.120. The van der Waals surface area contributed by atoms with Crippen molar-refractivity contribution in [1.29, 1.82) is 0 Å². The summed E-state index contributed by atoms with van der Waals surface area (Å²) in [6.45, 7) is 0.231. The highest BCUT2D eigenvalue weighted by molar-refractivity contribution is 6.31. The maximum atomic E-state index is 9.83. The van der Waals surface area contributed by atoms with Gasteiger partial charge in [-0.2, -0.15) is 4.98 Å². The molecule has 0 N–H and O–H groups in total. The zero-order valence-corrected chi connectivity index (χ0v) is 6.63. The van der Waals surface area contributed by atoms with Crippen molar-refractivity contribution in [3.8, 4) is 5.88 Å². The normalized spacial score (nSPS) is 9.27. The summed E-state index contributed by atoms with van der Waals surface area (Å²) in [5.74, 6) is 0.0324. The molecule has 1 heterocycles. The SMILES string of the molecule is O=COc1cc(Cl)nc(Cl)n1. The minimum atomic E-state index is -0.0608. The summed E-state index contributed by atoms with van der Waals surface area (Å²) in [6.07, 6.45) is 0. The van der Waals surface area contributed by atoms with Crippen LogP contribution in [-0.4, -0.2) is 16.4 Å². The highest BCUT2D eigenvalue weighted by Gasteiger charge is 2.00. The predicted molar refractivity (Wildman–Crippen MR) is 38.7 cm³/mol. The average Bonchev–Trinajstić information content (AvgIpc) is 1.85. The highest BCUT2D eigenvalue weighted by Crippen LogP contribution is 2.15. The van der Waals surface area contributed by atoms with E-state index in [0.29, 0.717) is 0 Å². The lowest BCUT2D eigenvalue weighted by Crippen LogP contribution is -1.93. The molecule has 0 radical (unpaired) electrons. The molecule has 0 spiro atoms. The molecule has 0 aromatic carbocycles. The number of hydrogen-bond donors (Lipinski definition) is 0. The summed E-state index contributed by atoms with van der Waals surface area (Å²) in [5.41, 5.74) is 0. The van der Waals surface area contributed by atoms with Crippen LogP contribution in [0, 0.1) is 0 Å². The van der Waals surface area contributed by atoms with Gasteiger partial charge in [0, 0.05) is 6.07 Å². The first-order chi connectivity index (χ1) is 5.22. The quantitative estimate of drug-likeness (QED) is 0.403. The molecule has 6 heteroatoms. The van der Waals surface area contributed by atoms with Crippen LogP contribution in [0.4, 0.5) is 0 Å². The van der Waals surface area contributed by atoms with Gasteiger partial charge in [0.05, 0.1) is 0 Å². The minimum Gasteiger partial charge on any atom is -0.409 e. The first-order valence-electron chi connectivity index (χ1n) is 2.53. The van der Waals surface area contributed by atoms with Gasteiger partial charge in [0.25, 0.3) is 6.47 Å². The summed E-state index contributed by atoms with van der Waals surface area (Å²) < 4.78 is 4.37. The van der Waals surface area contributed by atoms with Crippen molar-refractivity contribution < 1.29 is 9.53 Å². The molecular weight excluding hydrogens is 191 g/mol. The van der Waals surface area contributed by atoms with Crippen LogP contribution in [0.25, 0.3) is 0 Å². The van der Waals surface area contributed by atoms with E-state index in [1.807, 2.05) is 0 Å². The first-order valence-corrected chi connectivity index (χ1v) is 3.28. The summed E-state index contributed by atoms with van der Waals surface area (Å²) >= 11 is 10.8. The zero-order valence-electron chi connectivity index (χ0n) is 5.12. The number of hydrogen-bond acceptors (Lipinski definition) is 4. The van der Waals surface area contributed by atoms with Gasteiger partial charge in [-0.25, -0.2) is 4.98 Å². The van der Waals surface area contributed by atoms with E-state index in [4.69, 9.17) is 23.2 Å². The van der Waals surface area contributed by atoms with Crippen LogP contribution in [0.2, 0.25) is 10.4 Å². The van der Waals surface area contributed by atoms with Crippen molar-refractivity contribution >= 4 is 29.7 Å². The van der Waals surface area contributed by atoms with Gasteiger partial charge in [-0.15, -0.1) is 0 Å². The van der Waals surface area contributed by atoms with Crippen LogP contribution in [0.3, 0.4) is 0 Å². The Morgan fingerprint density at radius 3 is 2.73 bits per heavy atom. The molecule has 58 valence electrons. The molecular formula is C5H2Cl2N2O2. The largest absolute Gasteiger partial charge is 0.409 e. The fraction of sp³-hybridized carbons (Fsp3) is 0. The van der Waals surface area contributed by atoms with E-state index in [2.05, 4.69) is 14.7 Å². The van der Waals surface area contributed by atoms with E-state index >= 15 is 0 Å². The Balaban J connectivity index is 2.98. The lowest BCUT2D eigenvalue weighted by atomic mass is 10.6. The van der Waals surface area contributed by atoms with Crippen LogP contribution >= 0.6 is 23.2 Å². The fourth-order valence-corrected chi connectivity index (χ4v) is 0.871. The molecule has 1 rings (SSSR count). The molecule has 11 heavy (non-hydrogen) atoms. The molecule has 0 bridgehead atoms. The molecule has 0 saturated carbocycles. The van der Waals surface area contributed by atoms with Crippen molar-refractivity contribution in [3.05, 3.63) is 16.5 Å². The Bertz CT molecular complexity index is 259. The zero-order chi connectivity index (χ0) is 8.27. The van der Waals surface area contributed by atoms with Crippen LogP contribution in [0.5, 0.6) is 5.88 Å². The van der Waals surface area contributed by atoms with Gasteiger partial charge >= 0.3 is 0 Å². The number of carbonyl (C=O) groups is 1. The first kappa shape index (κ1) is 8.23. The topological polar surface area (TPSA) is 52.1 Å². The third kappa shape index (κ3) is 2.32. The average molecular weight is 193 g/mol. The van der Waals surface area contributed by atoms with Crippen molar-refractivity contribution in [1.82, 2.24) is 9.97 Å². The molecule has 0 atom stereocenters. The molecule has 0 aliphatic carbocycles. The second kappa shape index (κ2) is 3.50. The predicted octanol–water partition coefficient (Wildman–Crippen LogP) is 1.32. The highest BCUT2D eigenvalue weighted by atomic mass is 35.5. The Labute approximate surface area is 72.1 Å². The van der Waals surface area contributed by atoms with Crippen LogP contribution in [0.1, 0.15) is 0 Å². The summed E-state index contributed by atoms with van der Waals surface area (Å²) in [7, 11) is 0. The van der Waals surface area contributed by atoms with Gasteiger partial charge in [-0.05, 0) is 11.6 Å². The number of halogens is 2. The molecule has 0 aliphatic rings.